The summed E-state index contributed by atoms with van der Waals surface area (Å²) in [7, 11) is 0. The molecule has 1 atom stereocenters. The van der Waals surface area contributed by atoms with E-state index in [0.29, 0.717) is 40.1 Å². The summed E-state index contributed by atoms with van der Waals surface area (Å²) in [5.41, 5.74) is 4.87. The second-order valence-electron chi connectivity index (χ2n) is 10.0. The van der Waals surface area contributed by atoms with Crippen molar-refractivity contribution in [1.29, 1.82) is 0 Å². The molecule has 203 valence electrons. The molecule has 0 fully saturated rings. The van der Waals surface area contributed by atoms with Gasteiger partial charge in [-0.05, 0) is 39.2 Å². The summed E-state index contributed by atoms with van der Waals surface area (Å²) >= 11 is 3.61. The zero-order chi connectivity index (χ0) is 27.1. The summed E-state index contributed by atoms with van der Waals surface area (Å²) in [5.74, 6) is 3.01. The van der Waals surface area contributed by atoms with Crippen LogP contribution in [0.5, 0.6) is 0 Å². The number of hydrogen-bond donors (Lipinski definition) is 1. The van der Waals surface area contributed by atoms with E-state index in [4.69, 9.17) is 34.9 Å². The van der Waals surface area contributed by atoms with Crippen LogP contribution in [0.2, 0.25) is 0 Å². The Morgan fingerprint density at radius 1 is 0.595 bits per heavy atom. The molecule has 42 heavy (non-hydrogen) atoms. The van der Waals surface area contributed by atoms with Crippen molar-refractivity contribution < 1.29 is 17.1 Å². The Morgan fingerprint density at radius 2 is 1.26 bits per heavy atom. The van der Waals surface area contributed by atoms with Gasteiger partial charge in [0, 0.05) is 43.8 Å². The van der Waals surface area contributed by atoms with Crippen LogP contribution >= 0.6 is 15.9 Å². The monoisotopic (exact) mass is 655 g/mol. The van der Waals surface area contributed by atoms with Gasteiger partial charge < -0.3 is 30.3 Å². The number of hydrogen-bond acceptors (Lipinski definition) is 6. The predicted octanol–water partition coefficient (Wildman–Crippen LogP) is 5.33. The van der Waals surface area contributed by atoms with Gasteiger partial charge in [-0.3, -0.25) is 4.99 Å². The molecular weight excluding hydrogens is 640 g/mol. The number of halogens is 1. The summed E-state index contributed by atoms with van der Waals surface area (Å²) in [6, 6.07) is 30.2. The van der Waals surface area contributed by atoms with Gasteiger partial charge in [-0.15, -0.1) is 0 Å². The van der Waals surface area contributed by atoms with Crippen LogP contribution in [0, 0.1) is 0 Å². The van der Waals surface area contributed by atoms with E-state index in [9.17, 15) is 0 Å². The zero-order valence-corrected chi connectivity index (χ0v) is 24.1. The summed E-state index contributed by atoms with van der Waals surface area (Å²) in [6.07, 6.45) is -0.365. The van der Waals surface area contributed by atoms with Crippen molar-refractivity contribution in [1.82, 2.24) is 9.97 Å². The Balaban J connectivity index is 0.00000267. The van der Waals surface area contributed by atoms with Gasteiger partial charge in [-0.2, -0.15) is 0 Å². The number of amidine groups is 3. The van der Waals surface area contributed by atoms with Gasteiger partial charge in [-0.25, -0.2) is 4.99 Å². The van der Waals surface area contributed by atoms with Crippen molar-refractivity contribution in [3.8, 4) is 0 Å². The SMILES string of the molecule is Brc1ccc2c(c1)C1=N/C2=N\c2[n-]c(c3ccccc23)NC2N=C(N=c3[n-]c(c4ccccc34)=N1)c1ccccc12.[Cu+2]. The molecule has 0 spiro atoms. The second-order valence-corrected chi connectivity index (χ2v) is 10.9. The topological polar surface area (TPSA) is 102 Å². The quantitative estimate of drug-likeness (QED) is 0.224. The molecule has 0 amide bonds. The van der Waals surface area contributed by atoms with Crippen LogP contribution in [0.1, 0.15) is 28.4 Å². The van der Waals surface area contributed by atoms with Crippen LogP contribution in [-0.4, -0.2) is 17.5 Å². The Bertz CT molecular complexity index is 2330. The molecule has 10 heteroatoms. The van der Waals surface area contributed by atoms with Crippen LogP contribution in [0.25, 0.3) is 21.5 Å². The van der Waals surface area contributed by atoms with Crippen LogP contribution in [-0.2, 0) is 17.1 Å². The van der Waals surface area contributed by atoms with E-state index in [0.717, 1.165) is 48.3 Å². The molecule has 0 saturated carbocycles. The maximum absolute atomic E-state index is 5.01. The van der Waals surface area contributed by atoms with Gasteiger partial charge >= 0.3 is 17.1 Å². The summed E-state index contributed by atoms with van der Waals surface area (Å²) in [4.78, 5) is 34.7. The minimum atomic E-state index is -0.365. The van der Waals surface area contributed by atoms with Crippen molar-refractivity contribution in [3.63, 3.8) is 0 Å². The summed E-state index contributed by atoms with van der Waals surface area (Å²) in [5, 5.41) is 7.27. The first-order chi connectivity index (χ1) is 20.2. The molecule has 1 unspecified atom stereocenters. The van der Waals surface area contributed by atoms with E-state index in [-0.39, 0.29) is 23.2 Å². The Labute approximate surface area is 257 Å². The molecule has 1 radical (unpaired) electrons. The zero-order valence-electron chi connectivity index (χ0n) is 21.5. The van der Waals surface area contributed by atoms with Gasteiger partial charge in [0.1, 0.15) is 6.17 Å². The largest absolute Gasteiger partial charge is 2.00 e. The first-order valence-electron chi connectivity index (χ1n) is 13.2. The second kappa shape index (κ2) is 9.45. The first-order valence-corrected chi connectivity index (χ1v) is 13.9. The predicted molar refractivity (Wildman–Crippen MR) is 163 cm³/mol. The smallest absolute Gasteiger partial charge is 0.416 e. The Kier molecular flexibility index (Phi) is 5.65. The standard InChI is InChI=1S/C32H17BrN8.Cu/c33-16-13-14-23-24(15-16)32-40-30-22-12-6-5-11-21(22)28(38-30)36-26-18-8-2-1-7-17(18)25(34-26)35-27-19-9-3-4-10-20(19)29(37-27)39-31(23)41-32;/h1-15,25,35H;/q-2;+2. The van der Waals surface area contributed by atoms with Crippen molar-refractivity contribution in [3.05, 3.63) is 129 Å². The van der Waals surface area contributed by atoms with Crippen LogP contribution in [0.4, 0.5) is 11.6 Å². The molecule has 0 aliphatic carbocycles. The number of nitrogens with one attached hydrogen (secondary N) is 1. The summed E-state index contributed by atoms with van der Waals surface area (Å²) < 4.78 is 0.929. The van der Waals surface area contributed by atoms with Crippen molar-refractivity contribution in [2.24, 2.45) is 25.0 Å². The normalized spacial score (nSPS) is 17.5. The molecule has 2 aromatic heterocycles. The molecule has 1 N–H and O–H groups in total. The Morgan fingerprint density at radius 3 is 2.07 bits per heavy atom. The number of fused-ring (bicyclic) bond motifs is 18. The third-order valence-corrected chi connectivity index (χ3v) is 8.09. The van der Waals surface area contributed by atoms with Gasteiger partial charge in [0.2, 0.25) is 0 Å². The van der Waals surface area contributed by atoms with E-state index in [2.05, 4.69) is 27.3 Å². The van der Waals surface area contributed by atoms with E-state index >= 15 is 0 Å². The summed E-state index contributed by atoms with van der Waals surface area (Å²) in [6.45, 7) is 0. The van der Waals surface area contributed by atoms with Gasteiger partial charge in [0.05, 0.1) is 17.5 Å². The van der Waals surface area contributed by atoms with Crippen LogP contribution in [0.15, 0.2) is 120 Å². The maximum Gasteiger partial charge on any atom is 2.00 e. The van der Waals surface area contributed by atoms with E-state index in [1.54, 1.807) is 0 Å². The van der Waals surface area contributed by atoms with Crippen LogP contribution in [0.3, 0.4) is 0 Å². The molecule has 6 aromatic rings. The fraction of sp³-hybridized carbons (Fsp3) is 0.0312. The molecular formula is C32H17BrCuN8. The fourth-order valence-electron chi connectivity index (χ4n) is 5.69. The Hall–Kier alpha value is -4.63. The average molecular weight is 657 g/mol. The van der Waals surface area contributed by atoms with E-state index in [1.807, 2.05) is 84.9 Å². The number of rotatable bonds is 0. The minimum absolute atomic E-state index is 0. The third-order valence-electron chi connectivity index (χ3n) is 7.59. The molecule has 8 bridgehead atoms. The fourth-order valence-corrected chi connectivity index (χ4v) is 6.05. The van der Waals surface area contributed by atoms with Crippen LogP contribution < -0.4 is 26.3 Å². The van der Waals surface area contributed by atoms with Crippen molar-refractivity contribution in [2.45, 2.75) is 6.17 Å². The molecule has 3 aliphatic heterocycles. The maximum atomic E-state index is 5.01. The molecule has 8 nitrogen and oxygen atoms in total. The third kappa shape index (κ3) is 3.76. The molecule has 3 aliphatic rings. The van der Waals surface area contributed by atoms with Gasteiger partial charge in [0.25, 0.3) is 0 Å². The number of benzene rings is 4. The molecule has 0 saturated heterocycles. The van der Waals surface area contributed by atoms with Gasteiger partial charge in [-0.1, -0.05) is 94.8 Å². The molecule has 9 rings (SSSR count). The van der Waals surface area contributed by atoms with E-state index in [1.165, 1.54) is 0 Å². The molecule has 5 heterocycles. The minimum Gasteiger partial charge on any atom is -0.416 e. The van der Waals surface area contributed by atoms with Crippen molar-refractivity contribution in [2.75, 3.05) is 5.32 Å². The number of anilines is 1. The van der Waals surface area contributed by atoms with Gasteiger partial charge in [0.15, 0.2) is 0 Å². The first kappa shape index (κ1) is 25.1. The number of aliphatic imine (C=N–C) groups is 3. The number of nitrogens with zero attached hydrogens (tertiary/aromatic N) is 7. The van der Waals surface area contributed by atoms with Crippen molar-refractivity contribution >= 4 is 66.6 Å². The molecule has 4 aromatic carbocycles. The average Bonchev–Trinajstić information content (AvgIpc) is 3.72. The number of aromatic nitrogens is 2. The van der Waals surface area contributed by atoms with E-state index < -0.39 is 0 Å².